The van der Waals surface area contributed by atoms with Crippen molar-refractivity contribution in [2.75, 3.05) is 12.4 Å². The van der Waals surface area contributed by atoms with Crippen molar-refractivity contribution in [1.82, 2.24) is 19.6 Å². The molecule has 0 bridgehead atoms. The van der Waals surface area contributed by atoms with E-state index in [1.165, 1.54) is 6.33 Å². The second kappa shape index (κ2) is 9.18. The highest BCUT2D eigenvalue weighted by Crippen LogP contribution is 2.36. The average molecular weight is 434 g/mol. The second-order valence-corrected chi connectivity index (χ2v) is 8.02. The van der Waals surface area contributed by atoms with Gasteiger partial charge in [0.2, 0.25) is 0 Å². The lowest BCUT2D eigenvalue weighted by Crippen LogP contribution is -2.12. The topological polar surface area (TPSA) is 81.4 Å². The molecule has 2 aromatic carbocycles. The molecule has 158 valence electrons. The number of aromatic nitrogens is 4. The van der Waals surface area contributed by atoms with E-state index < -0.39 is 0 Å². The molecule has 2 aromatic heterocycles. The maximum absolute atomic E-state index is 12.9. The van der Waals surface area contributed by atoms with Gasteiger partial charge in [-0.2, -0.15) is 14.6 Å². The number of benzene rings is 2. The van der Waals surface area contributed by atoms with Crippen molar-refractivity contribution in [1.29, 1.82) is 0 Å². The van der Waals surface area contributed by atoms with Crippen molar-refractivity contribution < 1.29 is 9.53 Å². The van der Waals surface area contributed by atoms with Crippen LogP contribution in [-0.2, 0) is 6.42 Å². The van der Waals surface area contributed by atoms with Crippen LogP contribution in [0.25, 0.3) is 5.78 Å². The van der Waals surface area contributed by atoms with Crippen LogP contribution in [-0.4, -0.2) is 32.6 Å². The van der Waals surface area contributed by atoms with Crippen LogP contribution >= 0.6 is 11.8 Å². The van der Waals surface area contributed by atoms with Crippen molar-refractivity contribution in [3.8, 4) is 5.75 Å². The van der Waals surface area contributed by atoms with Crippen LogP contribution < -0.4 is 10.1 Å². The van der Waals surface area contributed by atoms with E-state index >= 15 is 0 Å². The maximum atomic E-state index is 12.9. The Hall–Kier alpha value is -3.39. The average Bonchev–Trinajstić information content (AvgIpc) is 3.25. The van der Waals surface area contributed by atoms with E-state index in [-0.39, 0.29) is 5.91 Å². The Morgan fingerprint density at radius 1 is 1.19 bits per heavy atom. The zero-order valence-corrected chi connectivity index (χ0v) is 18.4. The van der Waals surface area contributed by atoms with Crippen LogP contribution in [0.5, 0.6) is 5.75 Å². The zero-order valence-electron chi connectivity index (χ0n) is 17.6. The standard InChI is InChI=1S/C23H23N5O2S/c1-4-8-18-15(2)26-23-24-14-25-28(23)22(18)31-20-12-6-5-11-19(20)27-21(29)16-9-7-10-17(13-16)30-3/h5-7,9-14H,4,8H2,1-3H3,(H,27,29). The number of carbonyl (C=O) groups is 1. The van der Waals surface area contributed by atoms with Crippen LogP contribution in [0, 0.1) is 6.92 Å². The lowest BCUT2D eigenvalue weighted by atomic mass is 10.1. The summed E-state index contributed by atoms with van der Waals surface area (Å²) in [5.74, 6) is 1.01. The van der Waals surface area contributed by atoms with Gasteiger partial charge in [0.25, 0.3) is 11.7 Å². The van der Waals surface area contributed by atoms with Gasteiger partial charge in [-0.1, -0.05) is 43.3 Å². The van der Waals surface area contributed by atoms with Crippen LogP contribution in [0.2, 0.25) is 0 Å². The van der Waals surface area contributed by atoms with E-state index in [0.29, 0.717) is 17.1 Å². The van der Waals surface area contributed by atoms with E-state index in [1.54, 1.807) is 41.6 Å². The number of hydrogen-bond donors (Lipinski definition) is 1. The molecule has 0 atom stereocenters. The largest absolute Gasteiger partial charge is 0.497 e. The molecule has 4 aromatic rings. The van der Waals surface area contributed by atoms with Gasteiger partial charge in [0, 0.05) is 21.7 Å². The Morgan fingerprint density at radius 2 is 2.03 bits per heavy atom. The summed E-state index contributed by atoms with van der Waals surface area (Å²) in [6.45, 7) is 4.14. The number of amides is 1. The Balaban J connectivity index is 1.69. The van der Waals surface area contributed by atoms with Crippen LogP contribution in [0.4, 0.5) is 5.69 Å². The minimum absolute atomic E-state index is 0.197. The van der Waals surface area contributed by atoms with E-state index in [1.807, 2.05) is 37.3 Å². The molecular formula is C23H23N5O2S. The molecule has 0 spiro atoms. The minimum atomic E-state index is -0.197. The zero-order chi connectivity index (χ0) is 21.8. The first-order valence-corrected chi connectivity index (χ1v) is 10.8. The molecule has 0 radical (unpaired) electrons. The summed E-state index contributed by atoms with van der Waals surface area (Å²) in [7, 11) is 1.58. The van der Waals surface area contributed by atoms with E-state index in [9.17, 15) is 4.79 Å². The molecule has 8 heteroatoms. The first-order chi connectivity index (χ1) is 15.1. The lowest BCUT2D eigenvalue weighted by molar-refractivity contribution is 0.102. The highest BCUT2D eigenvalue weighted by atomic mass is 32.2. The molecule has 7 nitrogen and oxygen atoms in total. The Labute approximate surface area is 184 Å². The van der Waals surface area contributed by atoms with Gasteiger partial charge in [-0.15, -0.1) is 0 Å². The number of hydrogen-bond acceptors (Lipinski definition) is 6. The molecule has 0 unspecified atom stereocenters. The smallest absolute Gasteiger partial charge is 0.255 e. The van der Waals surface area contributed by atoms with Gasteiger partial charge in [-0.25, -0.2) is 4.98 Å². The minimum Gasteiger partial charge on any atom is -0.497 e. The molecule has 2 heterocycles. The Kier molecular flexibility index (Phi) is 6.18. The van der Waals surface area contributed by atoms with Crippen molar-refractivity contribution in [3.63, 3.8) is 0 Å². The van der Waals surface area contributed by atoms with Gasteiger partial charge in [0.05, 0.1) is 12.8 Å². The monoisotopic (exact) mass is 433 g/mol. The van der Waals surface area contributed by atoms with Gasteiger partial charge >= 0.3 is 0 Å². The fraction of sp³-hybridized carbons (Fsp3) is 0.217. The van der Waals surface area contributed by atoms with Crippen molar-refractivity contribution >= 4 is 29.1 Å². The second-order valence-electron chi connectivity index (χ2n) is 6.99. The molecule has 0 aliphatic heterocycles. The van der Waals surface area contributed by atoms with Crippen molar-refractivity contribution in [2.24, 2.45) is 0 Å². The van der Waals surface area contributed by atoms with E-state index in [2.05, 4.69) is 27.3 Å². The van der Waals surface area contributed by atoms with Crippen LogP contribution in [0.1, 0.15) is 35.0 Å². The molecule has 31 heavy (non-hydrogen) atoms. The fourth-order valence-corrected chi connectivity index (χ4v) is 4.49. The number of nitrogens with zero attached hydrogens (tertiary/aromatic N) is 4. The lowest BCUT2D eigenvalue weighted by Gasteiger charge is -2.15. The van der Waals surface area contributed by atoms with E-state index in [0.717, 1.165) is 39.7 Å². The number of aryl methyl sites for hydroxylation is 1. The molecule has 0 saturated heterocycles. The van der Waals surface area contributed by atoms with Gasteiger partial charge in [0.1, 0.15) is 17.1 Å². The van der Waals surface area contributed by atoms with Gasteiger partial charge in [0.15, 0.2) is 0 Å². The molecule has 1 N–H and O–H groups in total. The maximum Gasteiger partial charge on any atom is 0.255 e. The van der Waals surface area contributed by atoms with Crippen LogP contribution in [0.15, 0.2) is 64.8 Å². The normalized spacial score (nSPS) is 10.9. The molecule has 4 rings (SSSR count). The molecular weight excluding hydrogens is 410 g/mol. The van der Waals surface area contributed by atoms with Crippen molar-refractivity contribution in [2.45, 2.75) is 36.6 Å². The summed E-state index contributed by atoms with van der Waals surface area (Å²) >= 11 is 1.55. The first-order valence-electron chi connectivity index (χ1n) is 10.0. The Morgan fingerprint density at radius 3 is 2.84 bits per heavy atom. The van der Waals surface area contributed by atoms with E-state index in [4.69, 9.17) is 4.74 Å². The van der Waals surface area contributed by atoms with Gasteiger partial charge in [-0.3, -0.25) is 4.79 Å². The molecule has 0 saturated carbocycles. The Bertz CT molecular complexity index is 1240. The van der Waals surface area contributed by atoms with Crippen LogP contribution in [0.3, 0.4) is 0 Å². The number of carbonyl (C=O) groups excluding carboxylic acids is 1. The number of ether oxygens (including phenoxy) is 1. The summed E-state index contributed by atoms with van der Waals surface area (Å²) in [6.07, 6.45) is 3.39. The predicted molar refractivity (Wildman–Crippen MR) is 121 cm³/mol. The summed E-state index contributed by atoms with van der Waals surface area (Å²) < 4.78 is 7.00. The number of anilines is 1. The quantitative estimate of drug-likeness (QED) is 0.422. The third-order valence-electron chi connectivity index (χ3n) is 4.86. The first kappa shape index (κ1) is 20.9. The molecule has 0 aliphatic carbocycles. The summed E-state index contributed by atoms with van der Waals surface area (Å²) in [5.41, 5.74) is 3.34. The van der Waals surface area contributed by atoms with Gasteiger partial charge in [-0.05, 0) is 43.7 Å². The highest BCUT2D eigenvalue weighted by molar-refractivity contribution is 7.99. The number of fused-ring (bicyclic) bond motifs is 1. The molecule has 0 aliphatic rings. The summed E-state index contributed by atoms with van der Waals surface area (Å²) in [5, 5.41) is 8.37. The number of rotatable bonds is 7. The van der Waals surface area contributed by atoms with Gasteiger partial charge < -0.3 is 10.1 Å². The van der Waals surface area contributed by atoms with Crippen molar-refractivity contribution in [3.05, 3.63) is 71.7 Å². The highest BCUT2D eigenvalue weighted by Gasteiger charge is 2.17. The molecule has 1 amide bonds. The fourth-order valence-electron chi connectivity index (χ4n) is 3.32. The third-order valence-corrected chi connectivity index (χ3v) is 6.05. The SMILES string of the molecule is CCCc1c(C)nc2ncnn2c1Sc1ccccc1NC(=O)c1cccc(OC)c1. The summed E-state index contributed by atoms with van der Waals surface area (Å²) in [4.78, 5) is 22.6. The predicted octanol–water partition coefficient (Wildman–Crippen LogP) is 4.80. The molecule has 0 fully saturated rings. The third kappa shape index (κ3) is 4.39. The number of methoxy groups -OCH3 is 1. The number of para-hydroxylation sites is 1. The number of nitrogens with one attached hydrogen (secondary N) is 1. The summed E-state index contributed by atoms with van der Waals surface area (Å²) in [6, 6.07) is 14.8.